The number of rotatable bonds is 0. The van der Waals surface area contributed by atoms with Crippen LogP contribution in [0.1, 0.15) is 32.1 Å². The number of hydrogen-bond donors (Lipinski definition) is 0. The average Bonchev–Trinajstić information content (AvgIpc) is 3.39. The smallest absolute Gasteiger partial charge is 0 e. The summed E-state index contributed by atoms with van der Waals surface area (Å²) in [6, 6.07) is 0. The van der Waals surface area contributed by atoms with Crippen LogP contribution in [-0.2, 0) is 48.1 Å². The van der Waals surface area contributed by atoms with Crippen LogP contribution < -0.4 is 0 Å². The van der Waals surface area contributed by atoms with Crippen molar-refractivity contribution in [2.75, 3.05) is 0 Å². The molecule has 0 aliphatic heterocycles. The first kappa shape index (κ1) is 36.6. The first-order chi connectivity index (χ1) is 11.4. The van der Waals surface area contributed by atoms with Gasteiger partial charge in [0.2, 0.25) is 0 Å². The molecule has 3 fully saturated rings. The molecule has 0 aromatic carbocycles. The molecule has 25 heavy (non-hydrogen) atoms. The summed E-state index contributed by atoms with van der Waals surface area (Å²) in [5.74, 6) is 0. The Bertz CT molecular complexity index is 218. The van der Waals surface area contributed by atoms with Gasteiger partial charge in [-0.15, -0.1) is 9.24 Å². The Labute approximate surface area is 178 Å². The van der Waals surface area contributed by atoms with Gasteiger partial charge in [-0.2, -0.15) is 0 Å². The summed E-state index contributed by atoms with van der Waals surface area (Å²) in [6.45, 7) is 13.5. The van der Waals surface area contributed by atoms with Crippen molar-refractivity contribution >= 4 is 9.24 Å². The minimum Gasteiger partial charge on any atom is -0.0312 e. The third kappa shape index (κ3) is 36.4. The Balaban J connectivity index is -0.0000000680. The monoisotopic (exact) mass is 442 g/mol. The van der Waals surface area contributed by atoms with Crippen molar-refractivity contribution in [3.8, 4) is 0 Å². The molecule has 0 aromatic heterocycles. The van der Waals surface area contributed by atoms with Gasteiger partial charge in [0.25, 0.3) is 0 Å². The molecule has 1 atom stereocenters. The summed E-state index contributed by atoms with van der Waals surface area (Å²) in [4.78, 5) is 0. The van der Waals surface area contributed by atoms with Crippen LogP contribution in [0.5, 0.6) is 0 Å². The largest absolute Gasteiger partial charge is 0.0312 e. The fourth-order valence-corrected chi connectivity index (χ4v) is 2.25. The molecule has 6 heteroatoms. The van der Waals surface area contributed by atoms with Crippen LogP contribution in [0.4, 0.5) is 0 Å². The Morgan fingerprint density at radius 3 is 0.840 bits per heavy atom. The minimum atomic E-state index is 0. The standard InChI is InChI=1S/C6H13P.2C5H5.3CO.2Fe/c7-6-4-2-1-3-5-6;2*1-2-4-5-3-1;3*1-2;;/h6H,1-5,7H2;2*1-5H;;;;;. The van der Waals surface area contributed by atoms with E-state index in [2.05, 4.69) is 29.2 Å². The second kappa shape index (κ2) is 39.7. The molecule has 10 radical (unpaired) electrons. The van der Waals surface area contributed by atoms with Crippen LogP contribution in [0.2, 0.25) is 0 Å². The van der Waals surface area contributed by atoms with Crippen LogP contribution >= 0.6 is 9.24 Å². The van der Waals surface area contributed by atoms with Gasteiger partial charge in [-0.3, -0.25) is 0 Å². The normalized spacial score (nSPS) is 16.9. The van der Waals surface area contributed by atoms with Gasteiger partial charge in [-0.05, 0) is 82.7 Å². The zero-order chi connectivity index (χ0) is 18.2. The van der Waals surface area contributed by atoms with E-state index in [0.717, 1.165) is 5.66 Å². The van der Waals surface area contributed by atoms with Crippen molar-refractivity contribution in [1.82, 2.24) is 0 Å². The van der Waals surface area contributed by atoms with Gasteiger partial charge in [0.1, 0.15) is 0 Å². The molecular formula is C19H23Fe2O3P. The summed E-state index contributed by atoms with van der Waals surface area (Å²) in [5.41, 5.74) is 0.953. The van der Waals surface area contributed by atoms with Gasteiger partial charge in [-0.1, -0.05) is 19.3 Å². The molecule has 0 aromatic rings. The Morgan fingerprint density at radius 2 is 0.720 bits per heavy atom. The second-order valence-electron chi connectivity index (χ2n) is 4.32. The van der Waals surface area contributed by atoms with Gasteiger partial charge in [-0.25, -0.2) is 0 Å². The topological polar surface area (TPSA) is 59.7 Å². The predicted molar refractivity (Wildman–Crippen MR) is 91.4 cm³/mol. The van der Waals surface area contributed by atoms with Crippen molar-refractivity contribution < 1.29 is 48.1 Å². The molecule has 138 valence electrons. The first-order valence-electron chi connectivity index (χ1n) is 7.10. The summed E-state index contributed by atoms with van der Waals surface area (Å²) >= 11 is 0. The summed E-state index contributed by atoms with van der Waals surface area (Å²) in [6.07, 6.45) is 27.3. The Kier molecular flexibility index (Phi) is 58.0. The molecule has 0 heterocycles. The van der Waals surface area contributed by atoms with Crippen LogP contribution in [-0.4, -0.2) is 5.66 Å². The predicted octanol–water partition coefficient (Wildman–Crippen LogP) is 4.12. The quantitative estimate of drug-likeness (QED) is 0.235. The van der Waals surface area contributed by atoms with E-state index in [-0.39, 0.29) is 34.1 Å². The van der Waals surface area contributed by atoms with E-state index >= 15 is 0 Å². The SMILES string of the molecule is PC1CCCCC1.[C-]#[O+].[C-]#[O+].[C-]#[O+].[CH]1[CH][CH][CH][CH]1.[CH]1[CH][CH][CH][CH]1.[Fe].[Fe]. The summed E-state index contributed by atoms with van der Waals surface area (Å²) in [5, 5.41) is 0. The molecule has 3 rings (SSSR count). The van der Waals surface area contributed by atoms with Gasteiger partial charge < -0.3 is 0 Å². The summed E-state index contributed by atoms with van der Waals surface area (Å²) in [7, 11) is 2.91. The van der Waals surface area contributed by atoms with Gasteiger partial charge >= 0.3 is 33.9 Å². The fraction of sp³-hybridized carbons (Fsp3) is 0.316. The first-order valence-corrected chi connectivity index (χ1v) is 7.76. The maximum Gasteiger partial charge on any atom is 0 e. The molecule has 3 saturated carbocycles. The van der Waals surface area contributed by atoms with Crippen molar-refractivity contribution in [3.63, 3.8) is 0 Å². The molecule has 3 nitrogen and oxygen atoms in total. The van der Waals surface area contributed by atoms with E-state index < -0.39 is 0 Å². The Hall–Kier alpha value is 0.689. The number of hydrogen-bond acceptors (Lipinski definition) is 0. The zero-order valence-corrected chi connectivity index (χ0v) is 17.3. The van der Waals surface area contributed by atoms with E-state index in [4.69, 9.17) is 14.0 Å². The molecule has 1 unspecified atom stereocenters. The van der Waals surface area contributed by atoms with Crippen molar-refractivity contribution in [3.05, 3.63) is 84.2 Å². The van der Waals surface area contributed by atoms with E-state index in [9.17, 15) is 0 Å². The van der Waals surface area contributed by atoms with Crippen molar-refractivity contribution in [2.24, 2.45) is 0 Å². The van der Waals surface area contributed by atoms with Gasteiger partial charge in [0.15, 0.2) is 0 Å². The van der Waals surface area contributed by atoms with E-state index in [1.165, 1.54) is 32.1 Å². The third-order valence-electron chi connectivity index (χ3n) is 2.76. The molecule has 0 amide bonds. The summed E-state index contributed by atoms with van der Waals surface area (Å²) < 4.78 is 22.5. The van der Waals surface area contributed by atoms with Crippen molar-refractivity contribution in [2.45, 2.75) is 37.8 Å². The van der Waals surface area contributed by atoms with Gasteiger partial charge in [0, 0.05) is 34.1 Å². The molecule has 3 aliphatic rings. The molecule has 0 N–H and O–H groups in total. The van der Waals surface area contributed by atoms with E-state index in [0.29, 0.717) is 0 Å². The minimum absolute atomic E-state index is 0. The molecular weight excluding hydrogens is 419 g/mol. The maximum absolute atomic E-state index is 7.50. The van der Waals surface area contributed by atoms with Crippen LogP contribution in [0.15, 0.2) is 0 Å². The van der Waals surface area contributed by atoms with E-state index in [1.54, 1.807) is 0 Å². The van der Waals surface area contributed by atoms with Crippen LogP contribution in [0.25, 0.3) is 0 Å². The van der Waals surface area contributed by atoms with Gasteiger partial charge in [0.05, 0.1) is 0 Å². The molecule has 3 aliphatic carbocycles. The Morgan fingerprint density at radius 1 is 0.520 bits per heavy atom. The van der Waals surface area contributed by atoms with Crippen LogP contribution in [0.3, 0.4) is 0 Å². The fourth-order valence-electron chi connectivity index (χ4n) is 1.78. The maximum atomic E-state index is 7.50. The third-order valence-corrected chi connectivity index (χ3v) is 3.43. The zero-order valence-electron chi connectivity index (χ0n) is 13.9. The average molecular weight is 442 g/mol. The van der Waals surface area contributed by atoms with E-state index in [1.807, 2.05) is 64.2 Å². The van der Waals surface area contributed by atoms with Crippen LogP contribution in [0, 0.1) is 84.2 Å². The molecule has 0 spiro atoms. The second-order valence-corrected chi connectivity index (χ2v) is 5.27. The van der Waals surface area contributed by atoms with Crippen molar-refractivity contribution in [1.29, 1.82) is 0 Å². The molecule has 0 bridgehead atoms. The molecule has 0 saturated heterocycles.